The summed E-state index contributed by atoms with van der Waals surface area (Å²) < 4.78 is 5.39. The molecule has 0 aliphatic rings. The van der Waals surface area contributed by atoms with Crippen LogP contribution in [-0.2, 0) is 0 Å². The Bertz CT molecular complexity index is 320. The second-order valence-corrected chi connectivity index (χ2v) is 3.43. The van der Waals surface area contributed by atoms with Gasteiger partial charge in [0, 0.05) is 10.9 Å². The summed E-state index contributed by atoms with van der Waals surface area (Å²) in [5, 5.41) is 0.687. The van der Waals surface area contributed by atoms with E-state index in [1.807, 2.05) is 32.0 Å². The molecule has 0 atom stereocenters. The second kappa shape index (κ2) is 5.06. The van der Waals surface area contributed by atoms with Crippen molar-refractivity contribution in [1.82, 2.24) is 0 Å². The van der Waals surface area contributed by atoms with E-state index in [1.54, 1.807) is 6.08 Å². The smallest absolute Gasteiger partial charge is 0.121 e. The lowest BCUT2D eigenvalue weighted by molar-refractivity contribution is 0.340. The summed E-state index contributed by atoms with van der Waals surface area (Å²) >= 11 is 5.96. The van der Waals surface area contributed by atoms with Gasteiger partial charge in [0.1, 0.15) is 5.75 Å². The average molecular weight is 210 g/mol. The molecule has 1 radical (unpaired) electrons. The molecular formula is C12H14ClO. The van der Waals surface area contributed by atoms with Gasteiger partial charge in [-0.25, -0.2) is 0 Å². The maximum atomic E-state index is 5.96. The topological polar surface area (TPSA) is 9.23 Å². The van der Waals surface area contributed by atoms with E-state index in [-0.39, 0.29) is 0 Å². The first-order valence-electron chi connectivity index (χ1n) is 4.57. The molecule has 0 saturated heterocycles. The summed E-state index contributed by atoms with van der Waals surface area (Å²) in [6, 6.07) is 5.68. The summed E-state index contributed by atoms with van der Waals surface area (Å²) in [4.78, 5) is 0. The van der Waals surface area contributed by atoms with Crippen LogP contribution in [0, 0.1) is 5.92 Å². The highest BCUT2D eigenvalue weighted by molar-refractivity contribution is 6.30. The number of ether oxygens (including phenoxy) is 1. The Morgan fingerprint density at radius 2 is 2.21 bits per heavy atom. The van der Waals surface area contributed by atoms with Gasteiger partial charge < -0.3 is 4.74 Å². The van der Waals surface area contributed by atoms with Crippen molar-refractivity contribution in [3.8, 4) is 5.75 Å². The van der Waals surface area contributed by atoms with Crippen molar-refractivity contribution in [1.29, 1.82) is 0 Å². The van der Waals surface area contributed by atoms with Crippen LogP contribution in [0.15, 0.2) is 30.9 Å². The third-order valence-corrected chi connectivity index (χ3v) is 2.16. The lowest BCUT2D eigenvalue weighted by atomic mass is 10.0. The summed E-state index contributed by atoms with van der Waals surface area (Å²) in [5.41, 5.74) is 1.05. The molecule has 1 aromatic carbocycles. The predicted molar refractivity (Wildman–Crippen MR) is 60.8 cm³/mol. The van der Waals surface area contributed by atoms with Gasteiger partial charge in [0.25, 0.3) is 0 Å². The molecule has 1 aromatic rings. The van der Waals surface area contributed by atoms with E-state index in [9.17, 15) is 0 Å². The molecule has 2 heteroatoms. The number of halogens is 1. The van der Waals surface area contributed by atoms with Crippen LogP contribution in [0.4, 0.5) is 0 Å². The van der Waals surface area contributed by atoms with Crippen LogP contribution in [0.25, 0.3) is 0 Å². The van der Waals surface area contributed by atoms with Gasteiger partial charge >= 0.3 is 0 Å². The van der Waals surface area contributed by atoms with Crippen LogP contribution in [0.5, 0.6) is 5.75 Å². The van der Waals surface area contributed by atoms with E-state index in [0.29, 0.717) is 11.6 Å². The molecule has 0 N–H and O–H groups in total. The van der Waals surface area contributed by atoms with E-state index in [4.69, 9.17) is 16.3 Å². The highest BCUT2D eigenvalue weighted by Crippen LogP contribution is 2.25. The molecule has 0 fully saturated rings. The summed E-state index contributed by atoms with van der Waals surface area (Å²) in [5.74, 6) is 1.89. The fraction of sp³-hybridized carbons (Fsp3) is 0.250. The van der Waals surface area contributed by atoms with E-state index >= 15 is 0 Å². The zero-order valence-corrected chi connectivity index (χ0v) is 9.27. The Labute approximate surface area is 90.3 Å². The average Bonchev–Trinajstić information content (AvgIpc) is 2.16. The van der Waals surface area contributed by atoms with E-state index in [1.165, 1.54) is 0 Å². The SMILES string of the molecule is C=C[C](C)c1cc(Cl)cc(OCC)c1. The first-order chi connectivity index (χ1) is 6.67. The molecule has 0 aliphatic carbocycles. The van der Waals surface area contributed by atoms with Crippen molar-refractivity contribution in [3.05, 3.63) is 47.4 Å². The van der Waals surface area contributed by atoms with Crippen LogP contribution in [0.1, 0.15) is 19.4 Å². The number of hydrogen-bond donors (Lipinski definition) is 0. The molecule has 0 bridgehead atoms. The Morgan fingerprint density at radius 1 is 1.50 bits per heavy atom. The summed E-state index contributed by atoms with van der Waals surface area (Å²) in [6.07, 6.45) is 1.81. The third-order valence-electron chi connectivity index (χ3n) is 1.94. The summed E-state index contributed by atoms with van der Waals surface area (Å²) in [7, 11) is 0. The van der Waals surface area contributed by atoms with Crippen molar-refractivity contribution < 1.29 is 4.74 Å². The number of allylic oxidation sites excluding steroid dienone is 1. The molecule has 0 amide bonds. The van der Waals surface area contributed by atoms with Crippen LogP contribution >= 0.6 is 11.6 Å². The van der Waals surface area contributed by atoms with Gasteiger partial charge in [0.2, 0.25) is 0 Å². The minimum Gasteiger partial charge on any atom is -0.494 e. The first-order valence-corrected chi connectivity index (χ1v) is 4.95. The molecule has 0 saturated carbocycles. The fourth-order valence-corrected chi connectivity index (χ4v) is 1.38. The quantitative estimate of drug-likeness (QED) is 0.732. The molecule has 75 valence electrons. The lowest BCUT2D eigenvalue weighted by Crippen LogP contribution is -1.95. The van der Waals surface area contributed by atoms with Crippen molar-refractivity contribution in [2.24, 2.45) is 0 Å². The highest BCUT2D eigenvalue weighted by Gasteiger charge is 2.05. The van der Waals surface area contributed by atoms with Crippen LogP contribution in [0.2, 0.25) is 5.02 Å². The Balaban J connectivity index is 3.00. The molecule has 0 aromatic heterocycles. The van der Waals surface area contributed by atoms with Crippen LogP contribution in [0.3, 0.4) is 0 Å². The molecule has 0 spiro atoms. The number of benzene rings is 1. The van der Waals surface area contributed by atoms with Crippen molar-refractivity contribution in [2.75, 3.05) is 6.61 Å². The number of hydrogen-bond acceptors (Lipinski definition) is 1. The maximum Gasteiger partial charge on any atom is 0.121 e. The Morgan fingerprint density at radius 3 is 2.79 bits per heavy atom. The first kappa shape index (κ1) is 11.1. The minimum atomic E-state index is 0.646. The standard InChI is InChI=1S/C12H14ClO/c1-4-9(3)10-6-11(13)8-12(7-10)14-5-2/h4,6-8H,1,5H2,2-3H3. The largest absolute Gasteiger partial charge is 0.494 e. The highest BCUT2D eigenvalue weighted by atomic mass is 35.5. The Hall–Kier alpha value is -0.950. The van der Waals surface area contributed by atoms with E-state index in [0.717, 1.165) is 17.2 Å². The third kappa shape index (κ3) is 2.78. The zero-order chi connectivity index (χ0) is 10.6. The summed E-state index contributed by atoms with van der Waals surface area (Å²) in [6.45, 7) is 8.31. The zero-order valence-electron chi connectivity index (χ0n) is 8.51. The van der Waals surface area contributed by atoms with Crippen molar-refractivity contribution in [3.63, 3.8) is 0 Å². The van der Waals surface area contributed by atoms with Crippen molar-refractivity contribution in [2.45, 2.75) is 13.8 Å². The van der Waals surface area contributed by atoms with Gasteiger partial charge in [-0.15, -0.1) is 6.58 Å². The molecule has 1 nitrogen and oxygen atoms in total. The lowest BCUT2D eigenvalue weighted by Gasteiger charge is -2.09. The molecular weight excluding hydrogens is 196 g/mol. The molecule has 1 rings (SSSR count). The van der Waals surface area contributed by atoms with Gasteiger partial charge in [-0.1, -0.05) is 24.6 Å². The minimum absolute atomic E-state index is 0.646. The Kier molecular flexibility index (Phi) is 4.02. The number of rotatable bonds is 4. The second-order valence-electron chi connectivity index (χ2n) is 3.00. The van der Waals surface area contributed by atoms with Gasteiger partial charge in [0.05, 0.1) is 6.61 Å². The predicted octanol–water partition coefficient (Wildman–Crippen LogP) is 3.87. The van der Waals surface area contributed by atoms with E-state index < -0.39 is 0 Å². The molecule has 0 unspecified atom stereocenters. The fourth-order valence-electron chi connectivity index (χ4n) is 1.16. The van der Waals surface area contributed by atoms with Crippen molar-refractivity contribution >= 4 is 11.6 Å². The molecule has 0 heterocycles. The molecule has 14 heavy (non-hydrogen) atoms. The van der Waals surface area contributed by atoms with Crippen LogP contribution in [-0.4, -0.2) is 6.61 Å². The normalized spacial score (nSPS) is 10.3. The molecule has 0 aliphatic heterocycles. The van der Waals surface area contributed by atoms with Gasteiger partial charge in [-0.3, -0.25) is 0 Å². The van der Waals surface area contributed by atoms with E-state index in [2.05, 4.69) is 6.58 Å². The van der Waals surface area contributed by atoms with Crippen LogP contribution < -0.4 is 4.74 Å². The maximum absolute atomic E-state index is 5.96. The monoisotopic (exact) mass is 209 g/mol. The van der Waals surface area contributed by atoms with Gasteiger partial charge in [-0.2, -0.15) is 0 Å². The van der Waals surface area contributed by atoms with Gasteiger partial charge in [0.15, 0.2) is 0 Å². The van der Waals surface area contributed by atoms with Gasteiger partial charge in [-0.05, 0) is 30.7 Å².